The van der Waals surface area contributed by atoms with E-state index in [1.807, 2.05) is 0 Å². The van der Waals surface area contributed by atoms with Crippen LogP contribution in [0.15, 0.2) is 0 Å². The van der Waals surface area contributed by atoms with Gasteiger partial charge in [0.2, 0.25) is 5.91 Å². The van der Waals surface area contributed by atoms with Gasteiger partial charge in [-0.25, -0.2) is 0 Å². The fourth-order valence-electron chi connectivity index (χ4n) is 9.32. The number of hydrogen-bond donors (Lipinski definition) is 3. The first kappa shape index (κ1) is 61.9. The third-order valence-corrected chi connectivity index (χ3v) is 13.7. The molecule has 6 heteroatoms. The second-order valence-electron chi connectivity index (χ2n) is 20.1. The van der Waals surface area contributed by atoms with Crippen LogP contribution in [0.3, 0.4) is 0 Å². The Morgan fingerprint density at radius 3 is 0.968 bits per heavy atom. The number of carbonyl (C=O) groups is 2. The van der Waals surface area contributed by atoms with Crippen molar-refractivity contribution in [3.63, 3.8) is 0 Å². The van der Waals surface area contributed by atoms with Gasteiger partial charge < -0.3 is 20.3 Å². The molecule has 0 rings (SSSR count). The first-order valence-corrected chi connectivity index (χ1v) is 28.8. The fraction of sp³-hybridized carbons (Fsp3) is 0.965. The second kappa shape index (κ2) is 51.8. The third kappa shape index (κ3) is 47.2. The zero-order valence-electron chi connectivity index (χ0n) is 43.0. The topological polar surface area (TPSA) is 95.9 Å². The molecule has 63 heavy (non-hydrogen) atoms. The number of aliphatic hydroxyl groups is 2. The molecule has 1 amide bonds. The maximum atomic E-state index is 13.2. The molecule has 0 bridgehead atoms. The van der Waals surface area contributed by atoms with Crippen LogP contribution in [0, 0.1) is 0 Å². The van der Waals surface area contributed by atoms with Gasteiger partial charge >= 0.3 is 5.97 Å². The molecule has 0 heterocycles. The number of esters is 1. The van der Waals surface area contributed by atoms with Crippen molar-refractivity contribution in [3.8, 4) is 0 Å². The maximum Gasteiger partial charge on any atom is 0.306 e. The third-order valence-electron chi connectivity index (χ3n) is 13.7. The van der Waals surface area contributed by atoms with E-state index in [9.17, 15) is 19.8 Å². The number of rotatable bonds is 53. The zero-order chi connectivity index (χ0) is 45.9. The molecule has 0 aliphatic rings. The molecule has 0 aromatic carbocycles. The van der Waals surface area contributed by atoms with Crippen molar-refractivity contribution < 1.29 is 24.5 Å². The van der Waals surface area contributed by atoms with Gasteiger partial charge in [0.15, 0.2) is 0 Å². The van der Waals surface area contributed by atoms with E-state index in [4.69, 9.17) is 4.74 Å². The molecule has 0 radical (unpaired) electrons. The molecule has 0 aliphatic carbocycles. The standard InChI is InChI=1S/C57H113NO5/c1-4-7-10-13-16-19-22-24-26-27-28-29-30-32-35-38-41-44-47-50-57(62)63-53(48-45-42-39-36-33-21-18-15-12-9-6-3)51-56(61)58-54(52-59)55(60)49-46-43-40-37-34-31-25-23-20-17-14-11-8-5-2/h53-55,59-60H,4-52H2,1-3H3,(H,58,61). The van der Waals surface area contributed by atoms with Crippen LogP contribution in [0.25, 0.3) is 0 Å². The highest BCUT2D eigenvalue weighted by Gasteiger charge is 2.24. The SMILES string of the molecule is CCCCCCCCCCCCCCCCCCCCCC(=O)OC(CCCCCCCCCCCCC)CC(=O)NC(CO)C(O)CCCCCCCCCCCCCCCC. The van der Waals surface area contributed by atoms with E-state index in [0.717, 1.165) is 38.5 Å². The van der Waals surface area contributed by atoms with E-state index < -0.39 is 18.2 Å². The molecular formula is C57H113NO5. The van der Waals surface area contributed by atoms with Gasteiger partial charge in [-0.1, -0.05) is 290 Å². The molecule has 6 nitrogen and oxygen atoms in total. The molecule has 0 saturated carbocycles. The highest BCUT2D eigenvalue weighted by Crippen LogP contribution is 2.19. The van der Waals surface area contributed by atoms with Crippen molar-refractivity contribution in [1.82, 2.24) is 5.32 Å². The lowest BCUT2D eigenvalue weighted by Gasteiger charge is -2.24. The molecule has 0 saturated heterocycles. The minimum atomic E-state index is -0.779. The van der Waals surface area contributed by atoms with Crippen LogP contribution in [0.1, 0.15) is 329 Å². The summed E-state index contributed by atoms with van der Waals surface area (Å²) in [5, 5.41) is 23.8. The van der Waals surface area contributed by atoms with E-state index in [2.05, 4.69) is 26.1 Å². The lowest BCUT2D eigenvalue weighted by molar-refractivity contribution is -0.151. The molecule has 0 fully saturated rings. The minimum absolute atomic E-state index is 0.0881. The van der Waals surface area contributed by atoms with Gasteiger partial charge in [0.1, 0.15) is 6.10 Å². The summed E-state index contributed by atoms with van der Waals surface area (Å²) in [6.07, 6.45) is 57.4. The number of amides is 1. The van der Waals surface area contributed by atoms with E-state index >= 15 is 0 Å². The number of nitrogens with one attached hydrogen (secondary N) is 1. The summed E-state index contributed by atoms with van der Waals surface area (Å²) in [4.78, 5) is 26.2. The van der Waals surface area contributed by atoms with Crippen LogP contribution >= 0.6 is 0 Å². The van der Waals surface area contributed by atoms with Crippen molar-refractivity contribution in [2.45, 2.75) is 347 Å². The van der Waals surface area contributed by atoms with Gasteiger partial charge in [0.25, 0.3) is 0 Å². The van der Waals surface area contributed by atoms with Crippen LogP contribution in [0.4, 0.5) is 0 Å². The molecule has 3 N–H and O–H groups in total. The van der Waals surface area contributed by atoms with E-state index in [1.54, 1.807) is 0 Å². The summed E-state index contributed by atoms with van der Waals surface area (Å²) < 4.78 is 5.96. The van der Waals surface area contributed by atoms with Gasteiger partial charge in [-0.2, -0.15) is 0 Å². The summed E-state index contributed by atoms with van der Waals surface area (Å²) in [7, 11) is 0. The Labute approximate surface area is 394 Å². The predicted molar refractivity (Wildman–Crippen MR) is 274 cm³/mol. The van der Waals surface area contributed by atoms with Crippen LogP contribution in [-0.2, 0) is 14.3 Å². The van der Waals surface area contributed by atoms with Crippen LogP contribution in [-0.4, -0.2) is 46.9 Å². The average molecular weight is 893 g/mol. The molecule has 0 spiro atoms. The average Bonchev–Trinajstić information content (AvgIpc) is 3.28. The van der Waals surface area contributed by atoms with Gasteiger partial charge in [0, 0.05) is 6.42 Å². The maximum absolute atomic E-state index is 13.2. The number of hydrogen-bond acceptors (Lipinski definition) is 5. The highest BCUT2D eigenvalue weighted by molar-refractivity contribution is 5.77. The Hall–Kier alpha value is -1.14. The summed E-state index contributed by atoms with van der Waals surface area (Å²) in [6, 6.07) is -0.692. The Morgan fingerprint density at radius 1 is 0.397 bits per heavy atom. The number of unbranched alkanes of at least 4 members (excludes halogenated alkanes) is 41. The van der Waals surface area contributed by atoms with Gasteiger partial charge in [0.05, 0.1) is 25.2 Å². The quantitative estimate of drug-likeness (QED) is 0.0418. The summed E-state index contributed by atoms with van der Waals surface area (Å²) in [5.41, 5.74) is 0. The summed E-state index contributed by atoms with van der Waals surface area (Å²) in [5.74, 6) is -0.446. The number of ether oxygens (including phenoxy) is 1. The van der Waals surface area contributed by atoms with Crippen LogP contribution in [0.5, 0.6) is 0 Å². The van der Waals surface area contributed by atoms with E-state index in [-0.39, 0.29) is 24.9 Å². The van der Waals surface area contributed by atoms with Crippen LogP contribution in [0.2, 0.25) is 0 Å². The van der Waals surface area contributed by atoms with Crippen LogP contribution < -0.4 is 5.32 Å². The normalized spacial score (nSPS) is 13.0. The first-order chi connectivity index (χ1) is 31.0. The Morgan fingerprint density at radius 2 is 0.667 bits per heavy atom. The molecule has 0 aromatic heterocycles. The van der Waals surface area contributed by atoms with Crippen molar-refractivity contribution in [3.05, 3.63) is 0 Å². The van der Waals surface area contributed by atoms with Gasteiger partial charge in [-0.05, 0) is 25.7 Å². The smallest absolute Gasteiger partial charge is 0.306 e. The van der Waals surface area contributed by atoms with Crippen molar-refractivity contribution >= 4 is 11.9 Å². The van der Waals surface area contributed by atoms with Crippen molar-refractivity contribution in [2.24, 2.45) is 0 Å². The monoisotopic (exact) mass is 892 g/mol. The first-order valence-electron chi connectivity index (χ1n) is 28.8. The van der Waals surface area contributed by atoms with Gasteiger partial charge in [-0.3, -0.25) is 9.59 Å². The molecule has 3 atom stereocenters. The van der Waals surface area contributed by atoms with Gasteiger partial charge in [-0.15, -0.1) is 0 Å². The minimum Gasteiger partial charge on any atom is -0.462 e. The van der Waals surface area contributed by atoms with Crippen molar-refractivity contribution in [1.29, 1.82) is 0 Å². The Balaban J connectivity index is 4.39. The van der Waals surface area contributed by atoms with E-state index in [1.165, 1.54) is 244 Å². The summed E-state index contributed by atoms with van der Waals surface area (Å²) >= 11 is 0. The van der Waals surface area contributed by atoms with Crippen molar-refractivity contribution in [2.75, 3.05) is 6.61 Å². The molecule has 376 valence electrons. The molecule has 0 aliphatic heterocycles. The lowest BCUT2D eigenvalue weighted by atomic mass is 10.0. The molecular weight excluding hydrogens is 779 g/mol. The molecule has 0 aromatic rings. The molecule has 3 unspecified atom stereocenters. The number of carbonyl (C=O) groups excluding carboxylic acids is 2. The second-order valence-corrected chi connectivity index (χ2v) is 20.1. The lowest BCUT2D eigenvalue weighted by Crippen LogP contribution is -2.46. The summed E-state index contributed by atoms with van der Waals surface area (Å²) in [6.45, 7) is 6.53. The van der Waals surface area contributed by atoms with E-state index in [0.29, 0.717) is 19.3 Å². The Bertz CT molecular complexity index is 913. The number of aliphatic hydroxyl groups excluding tert-OH is 2. The fourth-order valence-corrected chi connectivity index (χ4v) is 9.32. The predicted octanol–water partition coefficient (Wildman–Crippen LogP) is 17.5. The largest absolute Gasteiger partial charge is 0.462 e. The zero-order valence-corrected chi connectivity index (χ0v) is 43.0. The Kier molecular flexibility index (Phi) is 50.9. The highest BCUT2D eigenvalue weighted by atomic mass is 16.5.